The highest BCUT2D eigenvalue weighted by Gasteiger charge is 2.30. The van der Waals surface area contributed by atoms with Gasteiger partial charge in [0.2, 0.25) is 0 Å². The number of amides is 2. The van der Waals surface area contributed by atoms with Gasteiger partial charge < -0.3 is 16.0 Å². The average molecular weight is 226 g/mol. The maximum atomic E-state index is 11.2. The molecule has 2 heterocycles. The van der Waals surface area contributed by atoms with Crippen LogP contribution < -0.4 is 11.1 Å². The maximum Gasteiger partial charge on any atom is 0.315 e. The van der Waals surface area contributed by atoms with E-state index in [2.05, 4.69) is 17.1 Å². The first kappa shape index (κ1) is 11.7. The molecule has 3 N–H and O–H groups in total. The number of carbonyl (C=O) groups is 1. The van der Waals surface area contributed by atoms with Gasteiger partial charge >= 0.3 is 6.03 Å². The Morgan fingerprint density at radius 1 is 1.31 bits per heavy atom. The summed E-state index contributed by atoms with van der Waals surface area (Å²) in [5.74, 6) is 0. The predicted octanol–water partition coefficient (Wildman–Crippen LogP) is -0.177. The number of piperazine rings is 1. The van der Waals surface area contributed by atoms with E-state index in [1.165, 1.54) is 12.8 Å². The molecular weight excluding hydrogens is 204 g/mol. The van der Waals surface area contributed by atoms with Crippen LogP contribution in [-0.4, -0.2) is 60.6 Å². The molecule has 2 aliphatic heterocycles. The molecule has 0 saturated carbocycles. The van der Waals surface area contributed by atoms with Crippen molar-refractivity contribution in [1.29, 1.82) is 0 Å². The number of nitrogens with one attached hydrogen (secondary N) is 1. The topological polar surface area (TPSA) is 61.6 Å². The number of piperidine rings is 1. The van der Waals surface area contributed by atoms with E-state index in [0.29, 0.717) is 6.04 Å². The number of carbonyl (C=O) groups excluding carboxylic acids is 1. The molecule has 2 fully saturated rings. The minimum absolute atomic E-state index is 0.251. The van der Waals surface area contributed by atoms with Gasteiger partial charge in [-0.1, -0.05) is 0 Å². The van der Waals surface area contributed by atoms with Crippen molar-refractivity contribution in [3.05, 3.63) is 0 Å². The second kappa shape index (κ2) is 5.01. The van der Waals surface area contributed by atoms with Crippen molar-refractivity contribution in [2.24, 2.45) is 5.73 Å². The summed E-state index contributed by atoms with van der Waals surface area (Å²) < 4.78 is 0. The quantitative estimate of drug-likeness (QED) is 0.652. The zero-order valence-corrected chi connectivity index (χ0v) is 9.98. The fourth-order valence-corrected chi connectivity index (χ4v) is 2.82. The second-order valence-corrected chi connectivity index (χ2v) is 4.86. The molecule has 0 aromatic heterocycles. The van der Waals surface area contributed by atoms with Gasteiger partial charge in [-0.3, -0.25) is 4.90 Å². The molecule has 1 atom stereocenters. The monoisotopic (exact) mass is 226 g/mol. The Hall–Kier alpha value is -0.810. The molecule has 2 saturated heterocycles. The Morgan fingerprint density at radius 3 is 2.56 bits per heavy atom. The highest BCUT2D eigenvalue weighted by atomic mass is 16.2. The van der Waals surface area contributed by atoms with Gasteiger partial charge in [0, 0.05) is 31.7 Å². The largest absolute Gasteiger partial charge is 0.351 e. The van der Waals surface area contributed by atoms with Gasteiger partial charge in [-0.2, -0.15) is 0 Å². The summed E-state index contributed by atoms with van der Waals surface area (Å²) in [6, 6.07) is 0.664. The van der Waals surface area contributed by atoms with Crippen LogP contribution in [0.5, 0.6) is 0 Å². The second-order valence-electron chi connectivity index (χ2n) is 4.86. The van der Waals surface area contributed by atoms with Gasteiger partial charge in [0.1, 0.15) is 0 Å². The van der Waals surface area contributed by atoms with Crippen molar-refractivity contribution < 1.29 is 4.79 Å². The number of hydrogen-bond acceptors (Lipinski definition) is 3. The van der Waals surface area contributed by atoms with E-state index in [1.807, 2.05) is 0 Å². The SMILES string of the molecule is CC1CN(C2CCNCC2)CCN1C(N)=O. The predicted molar refractivity (Wildman–Crippen MR) is 63.2 cm³/mol. The third-order valence-electron chi connectivity index (χ3n) is 3.77. The van der Waals surface area contributed by atoms with Crippen molar-refractivity contribution in [2.75, 3.05) is 32.7 Å². The van der Waals surface area contributed by atoms with E-state index in [4.69, 9.17) is 5.73 Å². The van der Waals surface area contributed by atoms with Gasteiger partial charge in [-0.15, -0.1) is 0 Å². The fraction of sp³-hybridized carbons (Fsp3) is 0.909. The van der Waals surface area contributed by atoms with Gasteiger partial charge in [-0.05, 0) is 32.9 Å². The molecule has 0 aliphatic carbocycles. The smallest absolute Gasteiger partial charge is 0.315 e. The lowest BCUT2D eigenvalue weighted by Gasteiger charge is -2.43. The molecule has 0 bridgehead atoms. The summed E-state index contributed by atoms with van der Waals surface area (Å²) in [4.78, 5) is 15.5. The summed E-state index contributed by atoms with van der Waals surface area (Å²) >= 11 is 0. The summed E-state index contributed by atoms with van der Waals surface area (Å²) in [5.41, 5.74) is 5.34. The van der Waals surface area contributed by atoms with E-state index >= 15 is 0 Å². The molecule has 92 valence electrons. The van der Waals surface area contributed by atoms with E-state index in [1.54, 1.807) is 4.90 Å². The third kappa shape index (κ3) is 2.47. The van der Waals surface area contributed by atoms with Crippen LogP contribution in [0.25, 0.3) is 0 Å². The van der Waals surface area contributed by atoms with Crippen LogP contribution >= 0.6 is 0 Å². The molecule has 2 amide bonds. The Morgan fingerprint density at radius 2 is 2.00 bits per heavy atom. The van der Waals surface area contributed by atoms with Gasteiger partial charge in [0.05, 0.1) is 0 Å². The Labute approximate surface area is 96.9 Å². The first-order chi connectivity index (χ1) is 7.68. The van der Waals surface area contributed by atoms with Crippen molar-refractivity contribution in [1.82, 2.24) is 15.1 Å². The Kier molecular flexibility index (Phi) is 3.66. The molecule has 0 aromatic rings. The van der Waals surface area contributed by atoms with Crippen molar-refractivity contribution in [3.63, 3.8) is 0 Å². The molecule has 0 aromatic carbocycles. The number of hydrogen-bond donors (Lipinski definition) is 2. The molecule has 1 unspecified atom stereocenters. The zero-order chi connectivity index (χ0) is 11.5. The molecule has 2 rings (SSSR count). The van der Waals surface area contributed by atoms with E-state index in [0.717, 1.165) is 32.7 Å². The van der Waals surface area contributed by atoms with Crippen LogP contribution in [0.3, 0.4) is 0 Å². The Bertz CT molecular complexity index is 252. The number of rotatable bonds is 1. The van der Waals surface area contributed by atoms with Crippen LogP contribution in [-0.2, 0) is 0 Å². The summed E-state index contributed by atoms with van der Waals surface area (Å²) in [6.45, 7) is 7.04. The fourth-order valence-electron chi connectivity index (χ4n) is 2.82. The Balaban J connectivity index is 1.88. The lowest BCUT2D eigenvalue weighted by atomic mass is 10.0. The number of nitrogens with two attached hydrogens (primary N) is 1. The third-order valence-corrected chi connectivity index (χ3v) is 3.77. The lowest BCUT2D eigenvalue weighted by Crippen LogP contribution is -2.58. The molecule has 5 heteroatoms. The molecule has 16 heavy (non-hydrogen) atoms. The molecule has 0 radical (unpaired) electrons. The van der Waals surface area contributed by atoms with Crippen LogP contribution in [0.15, 0.2) is 0 Å². The van der Waals surface area contributed by atoms with E-state index < -0.39 is 0 Å². The van der Waals surface area contributed by atoms with Crippen LogP contribution in [0.1, 0.15) is 19.8 Å². The minimum atomic E-state index is -0.280. The maximum absolute atomic E-state index is 11.2. The van der Waals surface area contributed by atoms with Gasteiger partial charge in [-0.25, -0.2) is 4.79 Å². The van der Waals surface area contributed by atoms with Gasteiger partial charge in [0.25, 0.3) is 0 Å². The number of nitrogens with zero attached hydrogens (tertiary/aromatic N) is 2. The normalized spacial score (nSPS) is 29.3. The summed E-state index contributed by atoms with van der Waals surface area (Å²) in [6.07, 6.45) is 2.45. The molecule has 5 nitrogen and oxygen atoms in total. The molecule has 2 aliphatic rings. The lowest BCUT2D eigenvalue weighted by molar-refractivity contribution is 0.0655. The zero-order valence-electron chi connectivity index (χ0n) is 9.98. The van der Waals surface area contributed by atoms with E-state index in [9.17, 15) is 4.79 Å². The standard InChI is InChI=1S/C11H22N4O/c1-9-8-14(6-7-15(9)11(12)16)10-2-4-13-5-3-10/h9-10,13H,2-8H2,1H3,(H2,12,16). The van der Waals surface area contributed by atoms with Gasteiger partial charge in [0.15, 0.2) is 0 Å². The minimum Gasteiger partial charge on any atom is -0.351 e. The van der Waals surface area contributed by atoms with Crippen molar-refractivity contribution in [3.8, 4) is 0 Å². The van der Waals surface area contributed by atoms with Crippen LogP contribution in [0.2, 0.25) is 0 Å². The highest BCUT2D eigenvalue weighted by Crippen LogP contribution is 2.17. The highest BCUT2D eigenvalue weighted by molar-refractivity contribution is 5.72. The summed E-state index contributed by atoms with van der Waals surface area (Å²) in [5, 5.41) is 3.38. The van der Waals surface area contributed by atoms with Crippen LogP contribution in [0.4, 0.5) is 4.79 Å². The number of urea groups is 1. The number of primary amides is 1. The van der Waals surface area contributed by atoms with E-state index in [-0.39, 0.29) is 12.1 Å². The van der Waals surface area contributed by atoms with Crippen molar-refractivity contribution >= 4 is 6.03 Å². The molecule has 0 spiro atoms. The first-order valence-corrected chi connectivity index (χ1v) is 6.19. The van der Waals surface area contributed by atoms with Crippen molar-refractivity contribution in [2.45, 2.75) is 31.8 Å². The first-order valence-electron chi connectivity index (χ1n) is 6.19. The summed E-state index contributed by atoms with van der Waals surface area (Å²) in [7, 11) is 0. The van der Waals surface area contributed by atoms with Crippen LogP contribution in [0, 0.1) is 0 Å². The average Bonchev–Trinajstić information content (AvgIpc) is 2.29. The molecular formula is C11H22N4O.